The van der Waals surface area contributed by atoms with E-state index < -0.39 is 0 Å². The summed E-state index contributed by atoms with van der Waals surface area (Å²) in [6.07, 6.45) is 2.79. The highest BCUT2D eigenvalue weighted by molar-refractivity contribution is 5.40. The van der Waals surface area contributed by atoms with Crippen molar-refractivity contribution in [3.05, 3.63) is 12.3 Å². The zero-order valence-electron chi connectivity index (χ0n) is 12.6. The van der Waals surface area contributed by atoms with Gasteiger partial charge in [-0.15, -0.1) is 0 Å². The molecule has 3 heterocycles. The van der Waals surface area contributed by atoms with Crippen LogP contribution in [0.5, 0.6) is 5.88 Å². The second kappa shape index (κ2) is 5.20. The molecule has 0 bridgehead atoms. The van der Waals surface area contributed by atoms with Gasteiger partial charge in [-0.1, -0.05) is 6.92 Å². The van der Waals surface area contributed by atoms with Crippen molar-refractivity contribution in [3.8, 4) is 5.88 Å². The number of anilines is 1. The summed E-state index contributed by atoms with van der Waals surface area (Å²) in [5, 5.41) is 3.50. The van der Waals surface area contributed by atoms with E-state index in [1.165, 1.54) is 0 Å². The normalized spacial score (nSPS) is 27.6. The Bertz CT molecular complexity index is 477. The molecule has 1 aromatic heterocycles. The Morgan fingerprint density at radius 1 is 1.45 bits per heavy atom. The minimum Gasteiger partial charge on any atom is -0.478 e. The van der Waals surface area contributed by atoms with Gasteiger partial charge in [0, 0.05) is 37.4 Å². The first-order valence-electron chi connectivity index (χ1n) is 7.57. The van der Waals surface area contributed by atoms with Gasteiger partial charge in [0.2, 0.25) is 11.8 Å². The summed E-state index contributed by atoms with van der Waals surface area (Å²) in [6, 6.07) is 1.84. The fraction of sp³-hybridized carbons (Fsp3) is 0.733. The Hall–Kier alpha value is -1.36. The molecule has 5 heteroatoms. The lowest BCUT2D eigenvalue weighted by Gasteiger charge is -2.35. The SMILES string of the molecule is CCCOc1ccnc(N2CC3CNCC3C2(C)C)n1. The van der Waals surface area contributed by atoms with Gasteiger partial charge in [-0.05, 0) is 32.1 Å². The standard InChI is InChI=1S/C15H24N4O/c1-4-7-20-13-5-6-17-14(18-13)19-10-11-8-16-9-12(11)15(19,2)3/h5-6,11-12,16H,4,7-10H2,1-3H3. The monoisotopic (exact) mass is 276 g/mol. The minimum atomic E-state index is 0.0948. The highest BCUT2D eigenvalue weighted by Crippen LogP contribution is 2.42. The van der Waals surface area contributed by atoms with Gasteiger partial charge in [0.15, 0.2) is 0 Å². The van der Waals surface area contributed by atoms with Gasteiger partial charge in [-0.25, -0.2) is 4.98 Å². The molecule has 5 nitrogen and oxygen atoms in total. The van der Waals surface area contributed by atoms with Gasteiger partial charge < -0.3 is 15.0 Å². The van der Waals surface area contributed by atoms with Gasteiger partial charge in [0.05, 0.1) is 6.61 Å². The fourth-order valence-electron chi connectivity index (χ4n) is 3.51. The van der Waals surface area contributed by atoms with Gasteiger partial charge in [0.25, 0.3) is 0 Å². The largest absolute Gasteiger partial charge is 0.478 e. The average Bonchev–Trinajstić information content (AvgIpc) is 2.99. The summed E-state index contributed by atoms with van der Waals surface area (Å²) in [6.45, 7) is 10.6. The number of nitrogens with zero attached hydrogens (tertiary/aromatic N) is 3. The number of hydrogen-bond donors (Lipinski definition) is 1. The first-order chi connectivity index (χ1) is 9.63. The Morgan fingerprint density at radius 2 is 2.30 bits per heavy atom. The third-order valence-corrected chi connectivity index (χ3v) is 4.67. The van der Waals surface area contributed by atoms with E-state index >= 15 is 0 Å². The maximum atomic E-state index is 5.63. The molecule has 3 rings (SSSR count). The second-order valence-corrected chi connectivity index (χ2v) is 6.33. The van der Waals surface area contributed by atoms with Crippen molar-refractivity contribution in [3.63, 3.8) is 0 Å². The third-order valence-electron chi connectivity index (χ3n) is 4.67. The third kappa shape index (κ3) is 2.24. The maximum Gasteiger partial charge on any atom is 0.229 e. The second-order valence-electron chi connectivity index (χ2n) is 6.33. The van der Waals surface area contributed by atoms with Crippen molar-refractivity contribution in [1.29, 1.82) is 0 Å². The summed E-state index contributed by atoms with van der Waals surface area (Å²) in [5.74, 6) is 2.86. The van der Waals surface area contributed by atoms with Crippen molar-refractivity contribution in [2.24, 2.45) is 11.8 Å². The Labute approximate surface area is 120 Å². The molecule has 0 amide bonds. The molecule has 0 saturated carbocycles. The van der Waals surface area contributed by atoms with E-state index in [0.717, 1.165) is 32.0 Å². The van der Waals surface area contributed by atoms with Crippen LogP contribution in [0, 0.1) is 11.8 Å². The molecule has 0 radical (unpaired) electrons. The zero-order valence-corrected chi connectivity index (χ0v) is 12.6. The summed E-state index contributed by atoms with van der Waals surface area (Å²) < 4.78 is 5.63. The Morgan fingerprint density at radius 3 is 3.05 bits per heavy atom. The van der Waals surface area contributed by atoms with Crippen LogP contribution >= 0.6 is 0 Å². The molecule has 0 spiro atoms. The summed E-state index contributed by atoms with van der Waals surface area (Å²) >= 11 is 0. The van der Waals surface area contributed by atoms with Crippen LogP contribution in [0.3, 0.4) is 0 Å². The van der Waals surface area contributed by atoms with Crippen molar-refractivity contribution in [1.82, 2.24) is 15.3 Å². The van der Waals surface area contributed by atoms with Crippen LogP contribution in [0.1, 0.15) is 27.2 Å². The Balaban J connectivity index is 1.82. The molecule has 20 heavy (non-hydrogen) atoms. The van der Waals surface area contributed by atoms with Gasteiger partial charge in [-0.2, -0.15) is 4.98 Å². The number of aromatic nitrogens is 2. The van der Waals surface area contributed by atoms with Crippen LogP contribution in [0.25, 0.3) is 0 Å². The molecule has 2 saturated heterocycles. The molecule has 2 fully saturated rings. The van der Waals surface area contributed by atoms with Crippen molar-refractivity contribution < 1.29 is 4.74 Å². The Kier molecular flexibility index (Phi) is 3.54. The van der Waals surface area contributed by atoms with Crippen molar-refractivity contribution in [2.45, 2.75) is 32.7 Å². The molecule has 1 N–H and O–H groups in total. The highest BCUT2D eigenvalue weighted by Gasteiger charge is 2.50. The maximum absolute atomic E-state index is 5.63. The smallest absolute Gasteiger partial charge is 0.229 e. The molecule has 0 aromatic carbocycles. The first kappa shape index (κ1) is 13.6. The molecule has 2 aliphatic rings. The average molecular weight is 276 g/mol. The van der Waals surface area contributed by atoms with Crippen LogP contribution in [0.4, 0.5) is 5.95 Å². The van der Waals surface area contributed by atoms with E-state index in [-0.39, 0.29) is 5.54 Å². The zero-order chi connectivity index (χ0) is 14.2. The molecule has 110 valence electrons. The van der Waals surface area contributed by atoms with Crippen LogP contribution in [0.2, 0.25) is 0 Å². The van der Waals surface area contributed by atoms with Crippen LogP contribution in [-0.4, -0.2) is 41.7 Å². The van der Waals surface area contributed by atoms with Crippen LogP contribution in [0.15, 0.2) is 12.3 Å². The van der Waals surface area contributed by atoms with Crippen LogP contribution < -0.4 is 15.0 Å². The number of fused-ring (bicyclic) bond motifs is 1. The molecule has 1 aromatic rings. The number of nitrogens with one attached hydrogen (secondary N) is 1. The number of hydrogen-bond acceptors (Lipinski definition) is 5. The molecular weight excluding hydrogens is 252 g/mol. The van der Waals surface area contributed by atoms with Gasteiger partial charge in [0.1, 0.15) is 0 Å². The highest BCUT2D eigenvalue weighted by atomic mass is 16.5. The van der Waals surface area contributed by atoms with E-state index in [9.17, 15) is 0 Å². The molecule has 2 unspecified atom stereocenters. The lowest BCUT2D eigenvalue weighted by atomic mass is 9.85. The van der Waals surface area contributed by atoms with E-state index in [2.05, 4.69) is 41.0 Å². The lowest BCUT2D eigenvalue weighted by molar-refractivity contribution is 0.303. The summed E-state index contributed by atoms with van der Waals surface area (Å²) in [7, 11) is 0. The van der Waals surface area contributed by atoms with E-state index in [1.807, 2.05) is 6.07 Å². The summed E-state index contributed by atoms with van der Waals surface area (Å²) in [5.41, 5.74) is 0.0948. The number of rotatable bonds is 4. The quantitative estimate of drug-likeness (QED) is 0.907. The molecular formula is C15H24N4O. The summed E-state index contributed by atoms with van der Waals surface area (Å²) in [4.78, 5) is 11.4. The van der Waals surface area contributed by atoms with E-state index in [4.69, 9.17) is 4.74 Å². The van der Waals surface area contributed by atoms with E-state index in [0.29, 0.717) is 24.3 Å². The van der Waals surface area contributed by atoms with Gasteiger partial charge in [-0.3, -0.25) is 0 Å². The topological polar surface area (TPSA) is 50.3 Å². The fourth-order valence-corrected chi connectivity index (χ4v) is 3.51. The number of ether oxygens (including phenoxy) is 1. The van der Waals surface area contributed by atoms with Crippen molar-refractivity contribution >= 4 is 5.95 Å². The van der Waals surface area contributed by atoms with Gasteiger partial charge >= 0.3 is 0 Å². The lowest BCUT2D eigenvalue weighted by Crippen LogP contribution is -2.45. The molecule has 2 atom stereocenters. The van der Waals surface area contributed by atoms with E-state index in [1.54, 1.807) is 6.20 Å². The minimum absolute atomic E-state index is 0.0948. The molecule has 2 aliphatic heterocycles. The first-order valence-corrected chi connectivity index (χ1v) is 7.57. The van der Waals surface area contributed by atoms with Crippen LogP contribution in [-0.2, 0) is 0 Å². The van der Waals surface area contributed by atoms with Crippen molar-refractivity contribution in [2.75, 3.05) is 31.1 Å². The predicted octanol–water partition coefficient (Wildman–Crippen LogP) is 1.70. The molecule has 0 aliphatic carbocycles. The predicted molar refractivity (Wildman–Crippen MR) is 79.1 cm³/mol.